The van der Waals surface area contributed by atoms with Gasteiger partial charge in [-0.05, 0) is 121 Å². The monoisotopic (exact) mass is 810 g/mol. The molecule has 0 heterocycles. The van der Waals surface area contributed by atoms with Gasteiger partial charge in [0.15, 0.2) is 0 Å². The highest BCUT2D eigenvalue weighted by Gasteiger charge is 2.28. The normalized spacial score (nSPS) is 13.4. The molecular formula is C49H64O6P2. The molecule has 0 saturated carbocycles. The standard InChI is InChI=1S/C49H64O6P2/c1-15-18-36(10)27-46(40(14)32(2)3)52-56(53-47-28-37(11)21-24-42(47)33(4)5)50-31-41-19-16-17-20-45(41)51-57(54-48-29-38(12)22-25-43(48)34(6)7)55-49-30-39(13)23-26-44(49)35(8)9/h15-30,32-35,40H,1,31H2,2-14H3/b36-18-,46-27+. The van der Waals surface area contributed by atoms with E-state index in [1.807, 2.05) is 37.3 Å². The summed E-state index contributed by atoms with van der Waals surface area (Å²) in [6.07, 6.45) is 5.81. The van der Waals surface area contributed by atoms with Crippen LogP contribution < -0.4 is 18.1 Å². The van der Waals surface area contributed by atoms with Gasteiger partial charge in [-0.2, -0.15) is 0 Å². The molecule has 0 bridgehead atoms. The second-order valence-electron chi connectivity index (χ2n) is 16.1. The molecule has 0 saturated heterocycles. The van der Waals surface area contributed by atoms with Crippen LogP contribution in [0.2, 0.25) is 0 Å². The molecule has 0 aromatic heterocycles. The Balaban J connectivity index is 1.74. The maximum Gasteiger partial charge on any atom is 0.530 e. The topological polar surface area (TPSA) is 55.4 Å². The van der Waals surface area contributed by atoms with Crippen molar-refractivity contribution < 1.29 is 27.1 Å². The van der Waals surface area contributed by atoms with Gasteiger partial charge in [0.25, 0.3) is 0 Å². The molecule has 2 unspecified atom stereocenters. The smallest absolute Gasteiger partial charge is 0.422 e. The van der Waals surface area contributed by atoms with Crippen molar-refractivity contribution in [2.24, 2.45) is 11.8 Å². The van der Waals surface area contributed by atoms with E-state index in [1.54, 1.807) is 6.08 Å². The SMILES string of the molecule is C=C/C=C(C)\C=C(\OP(OCc1ccccc1OP(Oc1cc(C)ccc1C(C)C)Oc1cc(C)ccc1C(C)C)Oc1cc(C)ccc1C(C)C)C(C)C(C)C. The first-order valence-corrected chi connectivity index (χ1v) is 22.3. The van der Waals surface area contributed by atoms with E-state index in [0.29, 0.717) is 11.7 Å². The van der Waals surface area contributed by atoms with Crippen LogP contribution in [0.15, 0.2) is 115 Å². The van der Waals surface area contributed by atoms with Gasteiger partial charge in [-0.1, -0.05) is 136 Å². The number of aryl methyl sites for hydroxylation is 3. The molecule has 0 fully saturated rings. The molecule has 4 aromatic rings. The average Bonchev–Trinajstić information content (AvgIpc) is 3.13. The zero-order valence-electron chi connectivity index (χ0n) is 36.4. The maximum absolute atomic E-state index is 6.79. The Labute approximate surface area is 346 Å². The first-order chi connectivity index (χ1) is 27.1. The van der Waals surface area contributed by atoms with Crippen molar-refractivity contribution >= 4 is 17.2 Å². The van der Waals surface area contributed by atoms with Crippen LogP contribution in [0.3, 0.4) is 0 Å². The molecule has 8 heteroatoms. The van der Waals surface area contributed by atoms with E-state index in [9.17, 15) is 0 Å². The van der Waals surface area contributed by atoms with E-state index >= 15 is 0 Å². The van der Waals surface area contributed by atoms with E-state index in [0.717, 1.165) is 67.5 Å². The van der Waals surface area contributed by atoms with Gasteiger partial charge in [0.1, 0.15) is 28.8 Å². The zero-order chi connectivity index (χ0) is 41.8. The third-order valence-electron chi connectivity index (χ3n) is 9.74. The Morgan fingerprint density at radius 2 is 1.04 bits per heavy atom. The molecule has 4 aromatic carbocycles. The van der Waals surface area contributed by atoms with Gasteiger partial charge in [-0.3, -0.25) is 4.52 Å². The third kappa shape index (κ3) is 13.5. The first kappa shape index (κ1) is 45.6. The number of benzene rings is 4. The number of hydrogen-bond acceptors (Lipinski definition) is 6. The lowest BCUT2D eigenvalue weighted by atomic mass is 9.95. The van der Waals surface area contributed by atoms with Crippen molar-refractivity contribution in [1.29, 1.82) is 0 Å². The summed E-state index contributed by atoms with van der Waals surface area (Å²) in [5, 5.41) is 0. The van der Waals surface area contributed by atoms with E-state index < -0.39 is 17.2 Å². The highest BCUT2D eigenvalue weighted by molar-refractivity contribution is 7.43. The Morgan fingerprint density at radius 3 is 1.47 bits per heavy atom. The lowest BCUT2D eigenvalue weighted by Crippen LogP contribution is -2.11. The minimum atomic E-state index is -1.97. The number of allylic oxidation sites excluding steroid dienone is 5. The Bertz CT molecular complexity index is 1940. The molecule has 0 aliphatic rings. The third-order valence-corrected chi connectivity index (χ3v) is 11.8. The summed E-state index contributed by atoms with van der Waals surface area (Å²) in [5.41, 5.74) is 8.36. The van der Waals surface area contributed by atoms with Gasteiger partial charge in [0, 0.05) is 11.5 Å². The molecule has 0 radical (unpaired) electrons. The molecule has 4 rings (SSSR count). The second-order valence-corrected chi connectivity index (χ2v) is 18.2. The lowest BCUT2D eigenvalue weighted by molar-refractivity contribution is 0.208. The minimum Gasteiger partial charge on any atom is -0.422 e. The predicted molar refractivity (Wildman–Crippen MR) is 241 cm³/mol. The molecule has 6 nitrogen and oxygen atoms in total. The van der Waals surface area contributed by atoms with E-state index in [-0.39, 0.29) is 30.3 Å². The fourth-order valence-corrected chi connectivity index (χ4v) is 8.17. The van der Waals surface area contributed by atoms with Crippen LogP contribution in [0.5, 0.6) is 23.0 Å². The van der Waals surface area contributed by atoms with Crippen LogP contribution in [-0.4, -0.2) is 0 Å². The molecule has 0 aliphatic heterocycles. The van der Waals surface area contributed by atoms with Crippen molar-refractivity contribution in [3.63, 3.8) is 0 Å². The first-order valence-electron chi connectivity index (χ1n) is 20.1. The summed E-state index contributed by atoms with van der Waals surface area (Å²) in [6.45, 7) is 31.8. The number of rotatable bonds is 20. The van der Waals surface area contributed by atoms with Gasteiger partial charge in [-0.25, -0.2) is 0 Å². The van der Waals surface area contributed by atoms with Gasteiger partial charge >= 0.3 is 17.2 Å². The van der Waals surface area contributed by atoms with Crippen LogP contribution in [0.25, 0.3) is 0 Å². The van der Waals surface area contributed by atoms with Crippen molar-refractivity contribution in [1.82, 2.24) is 0 Å². The molecular weight excluding hydrogens is 746 g/mol. The predicted octanol–water partition coefficient (Wildman–Crippen LogP) is 15.9. The van der Waals surface area contributed by atoms with Crippen LogP contribution in [-0.2, 0) is 15.7 Å². The average molecular weight is 811 g/mol. The summed E-state index contributed by atoms with van der Waals surface area (Å²) in [6, 6.07) is 26.7. The van der Waals surface area contributed by atoms with Gasteiger partial charge < -0.3 is 22.6 Å². The van der Waals surface area contributed by atoms with E-state index in [2.05, 4.69) is 150 Å². The van der Waals surface area contributed by atoms with Gasteiger partial charge in [-0.15, -0.1) is 0 Å². The Morgan fingerprint density at radius 1 is 0.596 bits per heavy atom. The summed E-state index contributed by atoms with van der Waals surface area (Å²) >= 11 is 0. The van der Waals surface area contributed by atoms with Crippen LogP contribution in [0.1, 0.15) is 126 Å². The molecule has 306 valence electrons. The van der Waals surface area contributed by atoms with Crippen molar-refractivity contribution in [3.05, 3.63) is 154 Å². The van der Waals surface area contributed by atoms with Gasteiger partial charge in [0.05, 0.1) is 6.61 Å². The highest BCUT2D eigenvalue weighted by Crippen LogP contribution is 2.50. The fourth-order valence-electron chi connectivity index (χ4n) is 5.99. The van der Waals surface area contributed by atoms with Crippen LogP contribution in [0, 0.1) is 32.6 Å². The Hall–Kier alpha value is -4.08. The quantitative estimate of drug-likeness (QED) is 0.0503. The van der Waals surface area contributed by atoms with Crippen molar-refractivity contribution in [3.8, 4) is 23.0 Å². The summed E-state index contributed by atoms with van der Waals surface area (Å²) < 4.78 is 40.5. The zero-order valence-corrected chi connectivity index (χ0v) is 38.2. The largest absolute Gasteiger partial charge is 0.530 e. The van der Waals surface area contributed by atoms with E-state index in [4.69, 9.17) is 27.1 Å². The van der Waals surface area contributed by atoms with Gasteiger partial charge in [0.2, 0.25) is 0 Å². The number of hydrogen-bond donors (Lipinski definition) is 0. The molecule has 57 heavy (non-hydrogen) atoms. The Kier molecular flexibility index (Phi) is 17.3. The second kappa shape index (κ2) is 21.6. The lowest BCUT2D eigenvalue weighted by Gasteiger charge is -2.26. The van der Waals surface area contributed by atoms with Crippen molar-refractivity contribution in [2.75, 3.05) is 0 Å². The minimum absolute atomic E-state index is 0.0978. The number of para-hydroxylation sites is 1. The van der Waals surface area contributed by atoms with Crippen molar-refractivity contribution in [2.45, 2.75) is 114 Å². The molecule has 0 aliphatic carbocycles. The van der Waals surface area contributed by atoms with E-state index in [1.165, 1.54) is 0 Å². The molecule has 0 spiro atoms. The van der Waals surface area contributed by atoms with Crippen LogP contribution in [0.4, 0.5) is 0 Å². The summed E-state index contributed by atoms with van der Waals surface area (Å²) in [4.78, 5) is 0. The molecule has 0 amide bonds. The maximum atomic E-state index is 6.79. The summed E-state index contributed by atoms with van der Waals surface area (Å²) in [7, 11) is -3.90. The molecule has 2 atom stereocenters. The summed E-state index contributed by atoms with van der Waals surface area (Å²) in [5.74, 6) is 4.74. The van der Waals surface area contributed by atoms with Crippen LogP contribution >= 0.6 is 17.2 Å². The molecule has 0 N–H and O–H groups in total. The highest BCUT2D eigenvalue weighted by atomic mass is 31.2. The fraction of sp³-hybridized carbons (Fsp3) is 0.388.